The lowest BCUT2D eigenvalue weighted by molar-refractivity contribution is -0.175. The van der Waals surface area contributed by atoms with Gasteiger partial charge in [0.25, 0.3) is 0 Å². The topological polar surface area (TPSA) is 99.1 Å². The first kappa shape index (κ1) is 23.6. The summed E-state index contributed by atoms with van der Waals surface area (Å²) < 4.78 is 16.7. The van der Waals surface area contributed by atoms with Gasteiger partial charge in [0.15, 0.2) is 0 Å². The molecule has 1 N–H and O–H groups in total. The van der Waals surface area contributed by atoms with Gasteiger partial charge in [-0.05, 0) is 70.1 Å². The highest BCUT2D eigenvalue weighted by molar-refractivity contribution is 5.81. The monoisotopic (exact) mass is 458 g/mol. The second kappa shape index (κ2) is 8.33. The second-order valence-electron chi connectivity index (χ2n) is 11.1. The van der Waals surface area contributed by atoms with Gasteiger partial charge in [0.1, 0.15) is 18.0 Å². The summed E-state index contributed by atoms with van der Waals surface area (Å²) in [7, 11) is 1.35. The van der Waals surface area contributed by atoms with Gasteiger partial charge >= 0.3 is 17.9 Å². The van der Waals surface area contributed by atoms with E-state index >= 15 is 0 Å². The van der Waals surface area contributed by atoms with Crippen molar-refractivity contribution in [2.24, 2.45) is 28.6 Å². The number of phenols is 1. The molecule has 1 aliphatic heterocycles. The Bertz CT molecular complexity index is 936. The quantitative estimate of drug-likeness (QED) is 0.465. The molecular formula is C26H34O7. The largest absolute Gasteiger partial charge is 0.508 e. The zero-order valence-electron chi connectivity index (χ0n) is 20.0. The van der Waals surface area contributed by atoms with Gasteiger partial charge in [0.2, 0.25) is 0 Å². The molecule has 1 aromatic rings. The van der Waals surface area contributed by atoms with Crippen LogP contribution in [0.4, 0.5) is 0 Å². The summed E-state index contributed by atoms with van der Waals surface area (Å²) in [5.74, 6) is -0.517. The van der Waals surface area contributed by atoms with Crippen LogP contribution in [0.5, 0.6) is 5.75 Å². The van der Waals surface area contributed by atoms with E-state index in [4.69, 9.17) is 14.2 Å². The lowest BCUT2D eigenvalue weighted by Gasteiger charge is -2.37. The second-order valence-corrected chi connectivity index (χ2v) is 11.1. The van der Waals surface area contributed by atoms with Crippen molar-refractivity contribution < 1.29 is 33.7 Å². The van der Waals surface area contributed by atoms with Gasteiger partial charge < -0.3 is 19.3 Å². The summed E-state index contributed by atoms with van der Waals surface area (Å²) in [5.41, 5.74) is -0.884. The van der Waals surface area contributed by atoms with Crippen LogP contribution in [0.3, 0.4) is 0 Å². The fourth-order valence-electron chi connectivity index (χ4n) is 6.48. The Hall–Kier alpha value is -2.57. The zero-order chi connectivity index (χ0) is 24.1. The summed E-state index contributed by atoms with van der Waals surface area (Å²) in [5, 5.41) is 9.62. The van der Waals surface area contributed by atoms with E-state index in [1.54, 1.807) is 26.0 Å². The van der Waals surface area contributed by atoms with Crippen molar-refractivity contribution in [3.05, 3.63) is 29.8 Å². The van der Waals surface area contributed by atoms with Crippen LogP contribution >= 0.6 is 0 Å². The number of fused-ring (bicyclic) bond motifs is 1. The standard InChI is InChI=1S/C26H34O7/c1-14(15-6-8-17(27)9-7-15)12-26(4,13-25(2,3)23(29)31-5)24(30)33-20-16-10-18-19(11-16)22(28)32-21(18)20/h6-9,14,16,18-21,27H,10-13H2,1-5H3. The normalized spacial score (nSPS) is 30.5. The average molecular weight is 459 g/mol. The van der Waals surface area contributed by atoms with Crippen LogP contribution in [0.2, 0.25) is 0 Å². The van der Waals surface area contributed by atoms with E-state index in [1.807, 2.05) is 26.0 Å². The molecule has 7 nitrogen and oxygen atoms in total. The first-order valence-corrected chi connectivity index (χ1v) is 11.7. The maximum absolute atomic E-state index is 13.7. The molecule has 33 heavy (non-hydrogen) atoms. The number of carbonyl (C=O) groups is 3. The maximum Gasteiger partial charge on any atom is 0.312 e. The van der Waals surface area contributed by atoms with Gasteiger partial charge in [-0.25, -0.2) is 0 Å². The van der Waals surface area contributed by atoms with Gasteiger partial charge in [-0.2, -0.15) is 0 Å². The lowest BCUT2D eigenvalue weighted by atomic mass is 9.69. The third-order valence-electron chi connectivity index (χ3n) is 7.94. The number of methoxy groups -OCH3 is 1. The van der Waals surface area contributed by atoms with E-state index < -0.39 is 16.9 Å². The number of benzene rings is 1. The predicted octanol–water partition coefficient (Wildman–Crippen LogP) is 3.97. The Balaban J connectivity index is 1.56. The minimum atomic E-state index is -0.973. The molecule has 7 heteroatoms. The van der Waals surface area contributed by atoms with Crippen LogP contribution < -0.4 is 0 Å². The molecule has 180 valence electrons. The summed E-state index contributed by atoms with van der Waals surface area (Å²) in [6.07, 6.45) is 1.50. The van der Waals surface area contributed by atoms with E-state index in [2.05, 4.69) is 0 Å². The number of ether oxygens (including phenoxy) is 3. The van der Waals surface area contributed by atoms with Gasteiger partial charge in [-0.15, -0.1) is 0 Å². The number of phenolic OH excluding ortho intramolecular Hbond substituents is 1. The van der Waals surface area contributed by atoms with Crippen molar-refractivity contribution in [3.8, 4) is 5.75 Å². The molecule has 2 bridgehead atoms. The smallest absolute Gasteiger partial charge is 0.312 e. The summed E-state index contributed by atoms with van der Waals surface area (Å²) in [4.78, 5) is 38.3. The van der Waals surface area contributed by atoms with Gasteiger partial charge in [0.05, 0.1) is 23.9 Å². The third-order valence-corrected chi connectivity index (χ3v) is 7.94. The van der Waals surface area contributed by atoms with Crippen LogP contribution in [-0.4, -0.2) is 42.3 Å². The first-order chi connectivity index (χ1) is 15.4. The minimum absolute atomic E-state index is 0.0229. The Labute approximate surface area is 194 Å². The summed E-state index contributed by atoms with van der Waals surface area (Å²) >= 11 is 0. The van der Waals surface area contributed by atoms with E-state index in [1.165, 1.54) is 7.11 Å². The van der Waals surface area contributed by atoms with Crippen molar-refractivity contribution in [2.75, 3.05) is 7.11 Å². The molecule has 0 radical (unpaired) electrons. The molecule has 7 unspecified atom stereocenters. The Kier molecular flexibility index (Phi) is 5.95. The number of hydrogen-bond acceptors (Lipinski definition) is 7. The van der Waals surface area contributed by atoms with E-state index in [0.717, 1.165) is 12.0 Å². The Morgan fingerprint density at radius 2 is 1.82 bits per heavy atom. The van der Waals surface area contributed by atoms with Crippen LogP contribution in [0.1, 0.15) is 64.9 Å². The Morgan fingerprint density at radius 1 is 1.15 bits per heavy atom. The van der Waals surface area contributed by atoms with E-state index in [0.29, 0.717) is 12.8 Å². The molecule has 0 amide bonds. The predicted molar refractivity (Wildman–Crippen MR) is 119 cm³/mol. The van der Waals surface area contributed by atoms with Crippen molar-refractivity contribution in [1.29, 1.82) is 0 Å². The molecule has 1 saturated heterocycles. The molecule has 3 fully saturated rings. The molecule has 7 atom stereocenters. The van der Waals surface area contributed by atoms with Gasteiger partial charge in [-0.3, -0.25) is 14.4 Å². The highest BCUT2D eigenvalue weighted by atomic mass is 16.6. The molecule has 3 aliphatic rings. The fraction of sp³-hybridized carbons (Fsp3) is 0.654. The van der Waals surface area contributed by atoms with Crippen LogP contribution in [0.15, 0.2) is 24.3 Å². The van der Waals surface area contributed by atoms with Crippen molar-refractivity contribution in [1.82, 2.24) is 0 Å². The highest BCUT2D eigenvalue weighted by Crippen LogP contribution is 2.56. The van der Waals surface area contributed by atoms with Crippen LogP contribution in [0, 0.1) is 28.6 Å². The third kappa shape index (κ3) is 4.22. The number of rotatable bonds is 8. The highest BCUT2D eigenvalue weighted by Gasteiger charge is 2.63. The molecule has 0 aromatic heterocycles. The number of hydrogen-bond donors (Lipinski definition) is 1. The molecular weight excluding hydrogens is 424 g/mol. The number of esters is 3. The fourth-order valence-corrected chi connectivity index (χ4v) is 6.48. The van der Waals surface area contributed by atoms with Crippen molar-refractivity contribution in [2.45, 2.75) is 71.5 Å². The number of aromatic hydroxyl groups is 1. The van der Waals surface area contributed by atoms with Crippen molar-refractivity contribution in [3.63, 3.8) is 0 Å². The average Bonchev–Trinajstić information content (AvgIpc) is 3.38. The zero-order valence-corrected chi connectivity index (χ0v) is 20.0. The van der Waals surface area contributed by atoms with E-state index in [-0.39, 0.29) is 59.9 Å². The molecule has 2 saturated carbocycles. The van der Waals surface area contributed by atoms with Crippen LogP contribution in [0.25, 0.3) is 0 Å². The minimum Gasteiger partial charge on any atom is -0.508 e. The maximum atomic E-state index is 13.7. The SMILES string of the molecule is COC(=O)C(C)(C)CC(C)(CC(C)c1ccc(O)cc1)C(=O)OC1C2CC3C(=O)OC1C3C2. The van der Waals surface area contributed by atoms with Gasteiger partial charge in [-0.1, -0.05) is 19.1 Å². The molecule has 2 aliphatic carbocycles. The molecule has 1 heterocycles. The summed E-state index contributed by atoms with van der Waals surface area (Å²) in [6.45, 7) is 7.41. The molecule has 1 aromatic carbocycles. The molecule has 0 spiro atoms. The van der Waals surface area contributed by atoms with E-state index in [9.17, 15) is 19.5 Å². The molecule has 4 rings (SSSR count). The summed E-state index contributed by atoms with van der Waals surface area (Å²) in [6, 6.07) is 6.93. The van der Waals surface area contributed by atoms with Crippen LogP contribution in [-0.2, 0) is 28.6 Å². The van der Waals surface area contributed by atoms with Crippen molar-refractivity contribution >= 4 is 17.9 Å². The Morgan fingerprint density at radius 3 is 2.45 bits per heavy atom. The van der Waals surface area contributed by atoms with Gasteiger partial charge in [0, 0.05) is 11.8 Å². The number of carbonyl (C=O) groups excluding carboxylic acids is 3. The lowest BCUT2D eigenvalue weighted by Crippen LogP contribution is -2.44. The first-order valence-electron chi connectivity index (χ1n) is 11.7.